The Kier molecular flexibility index (Phi) is 2.30. The number of rotatable bonds is 2. The van der Waals surface area contributed by atoms with Gasteiger partial charge in [0.15, 0.2) is 0 Å². The molecule has 0 saturated carbocycles. The van der Waals surface area contributed by atoms with E-state index in [4.69, 9.17) is 0 Å². The second-order valence-corrected chi connectivity index (χ2v) is 2.54. The van der Waals surface area contributed by atoms with Crippen LogP contribution >= 0.6 is 0 Å². The standard InChI is InChI=1S/C7H9F3N2/c1-12(5-7(8,9)10)6-2-3-11-4-6/h2-4,11H,5H2,1H3. The maximum absolute atomic E-state index is 11.8. The lowest BCUT2D eigenvalue weighted by Crippen LogP contribution is -2.30. The summed E-state index contributed by atoms with van der Waals surface area (Å²) in [6.45, 7) is -0.926. The maximum Gasteiger partial charge on any atom is 0.405 e. The molecule has 68 valence electrons. The Bertz CT molecular complexity index is 227. The minimum Gasteiger partial charge on any atom is -0.366 e. The van der Waals surface area contributed by atoms with Crippen molar-refractivity contribution < 1.29 is 13.2 Å². The van der Waals surface area contributed by atoms with Crippen LogP contribution in [0.15, 0.2) is 18.5 Å². The third-order valence-electron chi connectivity index (χ3n) is 1.44. The minimum atomic E-state index is -4.15. The van der Waals surface area contributed by atoms with Gasteiger partial charge in [-0.15, -0.1) is 0 Å². The topological polar surface area (TPSA) is 19.0 Å². The van der Waals surface area contributed by atoms with Gasteiger partial charge in [-0.1, -0.05) is 0 Å². The lowest BCUT2D eigenvalue weighted by molar-refractivity contribution is -0.119. The quantitative estimate of drug-likeness (QED) is 0.733. The summed E-state index contributed by atoms with van der Waals surface area (Å²) in [5, 5.41) is 0. The van der Waals surface area contributed by atoms with Crippen molar-refractivity contribution in [1.82, 2.24) is 4.98 Å². The van der Waals surface area contributed by atoms with Crippen LogP contribution in [0.5, 0.6) is 0 Å². The second-order valence-electron chi connectivity index (χ2n) is 2.54. The first kappa shape index (κ1) is 8.96. The lowest BCUT2D eigenvalue weighted by Gasteiger charge is -2.18. The molecule has 5 heteroatoms. The van der Waals surface area contributed by atoms with Crippen LogP contribution < -0.4 is 4.90 Å². The molecule has 2 nitrogen and oxygen atoms in total. The van der Waals surface area contributed by atoms with E-state index >= 15 is 0 Å². The molecule has 1 N–H and O–H groups in total. The summed E-state index contributed by atoms with van der Waals surface area (Å²) in [6.07, 6.45) is -1.04. The molecule has 1 aromatic rings. The van der Waals surface area contributed by atoms with Crippen molar-refractivity contribution in [2.45, 2.75) is 6.18 Å². The first-order valence-electron chi connectivity index (χ1n) is 3.40. The SMILES string of the molecule is CN(CC(F)(F)F)c1cc[nH]c1. The third-order valence-corrected chi connectivity index (χ3v) is 1.44. The first-order chi connectivity index (χ1) is 5.49. The monoisotopic (exact) mass is 178 g/mol. The molecule has 0 radical (unpaired) electrons. The maximum atomic E-state index is 11.8. The van der Waals surface area contributed by atoms with Crippen molar-refractivity contribution in [1.29, 1.82) is 0 Å². The molecule has 0 aliphatic heterocycles. The highest BCUT2D eigenvalue weighted by molar-refractivity contribution is 5.43. The van der Waals surface area contributed by atoms with Crippen molar-refractivity contribution >= 4 is 5.69 Å². The number of aromatic nitrogens is 1. The summed E-state index contributed by atoms with van der Waals surface area (Å²) < 4.78 is 35.5. The highest BCUT2D eigenvalue weighted by atomic mass is 19.4. The molecule has 1 heterocycles. The van der Waals surface area contributed by atoms with E-state index in [-0.39, 0.29) is 0 Å². The van der Waals surface area contributed by atoms with Crippen LogP contribution in [-0.4, -0.2) is 24.8 Å². The normalized spacial score (nSPS) is 11.7. The molecule has 1 aromatic heterocycles. The number of hydrogen-bond acceptors (Lipinski definition) is 1. The van der Waals surface area contributed by atoms with Crippen LogP contribution in [0.2, 0.25) is 0 Å². The molecule has 0 amide bonds. The summed E-state index contributed by atoms with van der Waals surface area (Å²) in [5.74, 6) is 0. The fourth-order valence-electron chi connectivity index (χ4n) is 0.913. The van der Waals surface area contributed by atoms with Crippen molar-refractivity contribution in [3.63, 3.8) is 0 Å². The zero-order valence-corrected chi connectivity index (χ0v) is 6.52. The average Bonchev–Trinajstić information content (AvgIpc) is 2.32. The summed E-state index contributed by atoms with van der Waals surface area (Å²) >= 11 is 0. The Hall–Kier alpha value is -1.13. The number of aromatic amines is 1. The number of nitrogens with one attached hydrogen (secondary N) is 1. The predicted octanol–water partition coefficient (Wildman–Crippen LogP) is 2.01. The molecule has 0 aromatic carbocycles. The van der Waals surface area contributed by atoms with Crippen LogP contribution in [0.1, 0.15) is 0 Å². The summed E-state index contributed by atoms with van der Waals surface area (Å²) in [6, 6.07) is 1.59. The van der Waals surface area contributed by atoms with Gasteiger partial charge in [-0.3, -0.25) is 0 Å². The van der Waals surface area contributed by atoms with Gasteiger partial charge in [0.05, 0.1) is 5.69 Å². The van der Waals surface area contributed by atoms with Gasteiger partial charge in [-0.05, 0) is 6.07 Å². The molecule has 0 unspecified atom stereocenters. The molecular weight excluding hydrogens is 169 g/mol. The van der Waals surface area contributed by atoms with Crippen LogP contribution in [0, 0.1) is 0 Å². The van der Waals surface area contributed by atoms with E-state index in [1.807, 2.05) is 0 Å². The zero-order valence-electron chi connectivity index (χ0n) is 6.52. The van der Waals surface area contributed by atoms with Gasteiger partial charge in [0.2, 0.25) is 0 Å². The van der Waals surface area contributed by atoms with Crippen molar-refractivity contribution in [2.24, 2.45) is 0 Å². The molecule has 0 fully saturated rings. The summed E-state index contributed by atoms with van der Waals surface area (Å²) in [4.78, 5) is 3.82. The fourth-order valence-corrected chi connectivity index (χ4v) is 0.913. The van der Waals surface area contributed by atoms with E-state index in [0.717, 1.165) is 4.90 Å². The van der Waals surface area contributed by atoms with Gasteiger partial charge in [0, 0.05) is 19.4 Å². The molecule has 12 heavy (non-hydrogen) atoms. The molecular formula is C7H9F3N2. The molecule has 0 bridgehead atoms. The number of anilines is 1. The number of nitrogens with zero attached hydrogens (tertiary/aromatic N) is 1. The Morgan fingerprint density at radius 1 is 1.50 bits per heavy atom. The van der Waals surface area contributed by atoms with E-state index in [1.165, 1.54) is 13.2 Å². The van der Waals surface area contributed by atoms with Gasteiger partial charge < -0.3 is 9.88 Å². The Morgan fingerprint density at radius 3 is 2.58 bits per heavy atom. The third kappa shape index (κ3) is 2.48. The first-order valence-corrected chi connectivity index (χ1v) is 3.40. The number of hydrogen-bond donors (Lipinski definition) is 1. The molecule has 1 rings (SSSR count). The molecule has 0 spiro atoms. The number of H-pyrrole nitrogens is 1. The Balaban J connectivity index is 2.56. The van der Waals surface area contributed by atoms with E-state index in [0.29, 0.717) is 5.69 Å². The number of alkyl halides is 3. The molecule has 0 aliphatic carbocycles. The van der Waals surface area contributed by atoms with Crippen LogP contribution in [-0.2, 0) is 0 Å². The smallest absolute Gasteiger partial charge is 0.366 e. The van der Waals surface area contributed by atoms with Crippen LogP contribution in [0.3, 0.4) is 0 Å². The second kappa shape index (κ2) is 3.08. The highest BCUT2D eigenvalue weighted by Crippen LogP contribution is 2.19. The zero-order chi connectivity index (χ0) is 9.19. The van der Waals surface area contributed by atoms with Crippen molar-refractivity contribution in [3.8, 4) is 0 Å². The van der Waals surface area contributed by atoms with E-state index < -0.39 is 12.7 Å². The van der Waals surface area contributed by atoms with E-state index in [1.54, 1.807) is 12.3 Å². The van der Waals surface area contributed by atoms with Gasteiger partial charge >= 0.3 is 6.18 Å². The predicted molar refractivity (Wildman–Crippen MR) is 40.1 cm³/mol. The molecule has 0 aliphatic rings. The van der Waals surface area contributed by atoms with Crippen molar-refractivity contribution in [3.05, 3.63) is 18.5 Å². The van der Waals surface area contributed by atoms with Crippen molar-refractivity contribution in [2.75, 3.05) is 18.5 Å². The molecule has 0 saturated heterocycles. The average molecular weight is 178 g/mol. The van der Waals surface area contributed by atoms with Crippen LogP contribution in [0.4, 0.5) is 18.9 Å². The van der Waals surface area contributed by atoms with E-state index in [2.05, 4.69) is 4.98 Å². The van der Waals surface area contributed by atoms with E-state index in [9.17, 15) is 13.2 Å². The fraction of sp³-hybridized carbons (Fsp3) is 0.429. The van der Waals surface area contributed by atoms with Gasteiger partial charge in [0.1, 0.15) is 6.54 Å². The van der Waals surface area contributed by atoms with Gasteiger partial charge in [0.25, 0.3) is 0 Å². The van der Waals surface area contributed by atoms with Gasteiger partial charge in [-0.25, -0.2) is 0 Å². The van der Waals surface area contributed by atoms with Crippen LogP contribution in [0.25, 0.3) is 0 Å². The Labute approximate surface area is 68.0 Å². The summed E-state index contributed by atoms with van der Waals surface area (Å²) in [7, 11) is 1.40. The number of halogens is 3. The Morgan fingerprint density at radius 2 is 2.17 bits per heavy atom. The minimum absolute atomic E-state index is 0.535. The lowest BCUT2D eigenvalue weighted by atomic mass is 10.4. The van der Waals surface area contributed by atoms with Gasteiger partial charge in [-0.2, -0.15) is 13.2 Å². The summed E-state index contributed by atoms with van der Waals surface area (Å²) in [5.41, 5.74) is 0.535. The largest absolute Gasteiger partial charge is 0.405 e. The molecule has 0 atom stereocenters. The highest BCUT2D eigenvalue weighted by Gasteiger charge is 2.29.